The molecule has 0 bridgehead atoms. The molecule has 28 heavy (non-hydrogen) atoms. The molecular formula is C23H25N3O2. The van der Waals surface area contributed by atoms with Crippen LogP contribution in [0.25, 0.3) is 10.9 Å². The molecule has 0 aliphatic rings. The highest BCUT2D eigenvalue weighted by Crippen LogP contribution is 2.22. The molecule has 2 amide bonds. The third-order valence-corrected chi connectivity index (χ3v) is 4.74. The lowest BCUT2D eigenvalue weighted by Crippen LogP contribution is -2.35. The predicted octanol–water partition coefficient (Wildman–Crippen LogP) is 4.18. The van der Waals surface area contributed by atoms with Crippen LogP contribution in [0.1, 0.15) is 32.7 Å². The quantitative estimate of drug-likeness (QED) is 0.744. The Morgan fingerprint density at radius 3 is 2.32 bits per heavy atom. The van der Waals surface area contributed by atoms with Gasteiger partial charge in [-0.15, -0.1) is 0 Å². The van der Waals surface area contributed by atoms with Gasteiger partial charge in [-0.3, -0.25) is 14.6 Å². The van der Waals surface area contributed by atoms with E-state index in [0.29, 0.717) is 5.56 Å². The third-order valence-electron chi connectivity index (χ3n) is 4.74. The number of amides is 2. The van der Waals surface area contributed by atoms with E-state index >= 15 is 0 Å². The minimum atomic E-state index is -0.221. The molecule has 0 radical (unpaired) electrons. The van der Waals surface area contributed by atoms with Gasteiger partial charge < -0.3 is 10.2 Å². The fraction of sp³-hybridized carbons (Fsp3) is 0.261. The molecule has 2 aromatic carbocycles. The average Bonchev–Trinajstić information content (AvgIpc) is 2.63. The number of benzene rings is 2. The van der Waals surface area contributed by atoms with Crippen molar-refractivity contribution in [3.8, 4) is 0 Å². The van der Waals surface area contributed by atoms with Gasteiger partial charge in [0.1, 0.15) is 0 Å². The van der Waals surface area contributed by atoms with Crippen LogP contribution in [-0.2, 0) is 4.79 Å². The summed E-state index contributed by atoms with van der Waals surface area (Å²) < 4.78 is 0. The molecule has 144 valence electrons. The first-order valence-corrected chi connectivity index (χ1v) is 9.26. The topological polar surface area (TPSA) is 62.3 Å². The summed E-state index contributed by atoms with van der Waals surface area (Å²) in [7, 11) is 1.64. The highest BCUT2D eigenvalue weighted by atomic mass is 16.2. The van der Waals surface area contributed by atoms with E-state index in [1.807, 2.05) is 64.1 Å². The second-order valence-electron chi connectivity index (χ2n) is 7.31. The summed E-state index contributed by atoms with van der Waals surface area (Å²) >= 11 is 0. The smallest absolute Gasteiger partial charge is 0.254 e. The molecule has 5 heteroatoms. The minimum Gasteiger partial charge on any atom is -0.332 e. The molecule has 1 heterocycles. The number of fused-ring (bicyclic) bond motifs is 1. The molecule has 0 unspecified atom stereocenters. The van der Waals surface area contributed by atoms with Crippen molar-refractivity contribution in [2.45, 2.75) is 27.7 Å². The van der Waals surface area contributed by atoms with E-state index in [9.17, 15) is 9.59 Å². The number of pyridine rings is 1. The van der Waals surface area contributed by atoms with E-state index in [0.717, 1.165) is 39.0 Å². The maximum Gasteiger partial charge on any atom is 0.254 e. The van der Waals surface area contributed by atoms with Gasteiger partial charge in [0.2, 0.25) is 5.91 Å². The van der Waals surface area contributed by atoms with Crippen molar-refractivity contribution < 1.29 is 9.59 Å². The van der Waals surface area contributed by atoms with Crippen LogP contribution in [0.4, 0.5) is 5.69 Å². The van der Waals surface area contributed by atoms with Gasteiger partial charge >= 0.3 is 0 Å². The van der Waals surface area contributed by atoms with Crippen molar-refractivity contribution >= 4 is 28.4 Å². The number of hydrogen-bond donors (Lipinski definition) is 1. The van der Waals surface area contributed by atoms with E-state index in [1.165, 1.54) is 4.90 Å². The Bertz CT molecular complexity index is 1050. The zero-order chi connectivity index (χ0) is 20.4. The third kappa shape index (κ3) is 4.03. The summed E-state index contributed by atoms with van der Waals surface area (Å²) in [6.07, 6.45) is 0. The molecule has 1 aromatic heterocycles. The monoisotopic (exact) mass is 375 g/mol. The van der Waals surface area contributed by atoms with Crippen LogP contribution in [0.15, 0.2) is 42.5 Å². The van der Waals surface area contributed by atoms with Crippen LogP contribution in [0.2, 0.25) is 0 Å². The van der Waals surface area contributed by atoms with Crippen LogP contribution in [0, 0.1) is 27.7 Å². The van der Waals surface area contributed by atoms with Crippen LogP contribution in [0.5, 0.6) is 0 Å². The predicted molar refractivity (Wildman–Crippen MR) is 113 cm³/mol. The first-order valence-electron chi connectivity index (χ1n) is 9.26. The molecule has 0 aliphatic heterocycles. The van der Waals surface area contributed by atoms with Crippen molar-refractivity contribution in [2.75, 3.05) is 18.9 Å². The Morgan fingerprint density at radius 2 is 1.64 bits per heavy atom. The number of anilines is 1. The van der Waals surface area contributed by atoms with Crippen LogP contribution >= 0.6 is 0 Å². The molecule has 0 saturated heterocycles. The highest BCUT2D eigenvalue weighted by molar-refractivity contribution is 6.07. The number of carbonyl (C=O) groups excluding carboxylic acids is 2. The molecule has 3 aromatic rings. The lowest BCUT2D eigenvalue weighted by Gasteiger charge is -2.19. The Balaban J connectivity index is 1.79. The van der Waals surface area contributed by atoms with Gasteiger partial charge in [-0.05, 0) is 51.0 Å². The number of nitrogens with one attached hydrogen (secondary N) is 1. The molecule has 3 rings (SSSR count). The number of hydrogen-bond acceptors (Lipinski definition) is 3. The van der Waals surface area contributed by atoms with E-state index in [4.69, 9.17) is 0 Å². The summed E-state index contributed by atoms with van der Waals surface area (Å²) in [6.45, 7) is 7.80. The normalized spacial score (nSPS) is 10.8. The number of para-hydroxylation sites is 1. The van der Waals surface area contributed by atoms with Gasteiger partial charge in [-0.25, -0.2) is 0 Å². The Kier molecular flexibility index (Phi) is 5.45. The van der Waals surface area contributed by atoms with E-state index < -0.39 is 0 Å². The largest absolute Gasteiger partial charge is 0.332 e. The molecule has 0 saturated carbocycles. The highest BCUT2D eigenvalue weighted by Gasteiger charge is 2.19. The first kappa shape index (κ1) is 19.5. The number of carbonyl (C=O) groups is 2. The Hall–Kier alpha value is -3.21. The Morgan fingerprint density at radius 1 is 1.00 bits per heavy atom. The number of rotatable bonds is 4. The van der Waals surface area contributed by atoms with E-state index in [1.54, 1.807) is 13.1 Å². The number of nitrogens with zero attached hydrogens (tertiary/aromatic N) is 2. The van der Waals surface area contributed by atoms with E-state index in [2.05, 4.69) is 10.3 Å². The van der Waals surface area contributed by atoms with Gasteiger partial charge in [-0.1, -0.05) is 35.9 Å². The molecule has 0 spiro atoms. The van der Waals surface area contributed by atoms with Crippen molar-refractivity contribution in [1.82, 2.24) is 9.88 Å². The van der Waals surface area contributed by atoms with Crippen LogP contribution in [-0.4, -0.2) is 35.3 Å². The lowest BCUT2D eigenvalue weighted by molar-refractivity contribution is -0.116. The van der Waals surface area contributed by atoms with Gasteiger partial charge in [0.15, 0.2) is 0 Å². The zero-order valence-corrected chi connectivity index (χ0v) is 17.0. The molecule has 0 aliphatic carbocycles. The zero-order valence-electron chi connectivity index (χ0n) is 17.0. The van der Waals surface area contributed by atoms with Gasteiger partial charge in [0.25, 0.3) is 5.91 Å². The number of aryl methyl sites for hydroxylation is 4. The first-order chi connectivity index (χ1) is 13.3. The van der Waals surface area contributed by atoms with Crippen molar-refractivity contribution in [3.63, 3.8) is 0 Å². The summed E-state index contributed by atoms with van der Waals surface area (Å²) in [5.41, 5.74) is 6.08. The van der Waals surface area contributed by atoms with Crippen molar-refractivity contribution in [1.29, 1.82) is 0 Å². The summed E-state index contributed by atoms with van der Waals surface area (Å²) in [5, 5.41) is 3.73. The van der Waals surface area contributed by atoms with Gasteiger partial charge in [-0.2, -0.15) is 0 Å². The summed E-state index contributed by atoms with van der Waals surface area (Å²) in [5.74, 6) is -0.421. The molecule has 0 atom stereocenters. The standard InChI is InChI=1S/C23H25N3O2/c1-14-10-15(2)22(16(3)11-14)25-21(27)13-26(5)23(28)19-12-17(4)24-20-9-7-6-8-18(19)20/h6-12H,13H2,1-5H3,(H,25,27). The number of aromatic nitrogens is 1. The average molecular weight is 375 g/mol. The second kappa shape index (κ2) is 7.80. The van der Waals surface area contributed by atoms with E-state index in [-0.39, 0.29) is 18.4 Å². The van der Waals surface area contributed by atoms with Crippen LogP contribution < -0.4 is 5.32 Å². The maximum absolute atomic E-state index is 13.0. The summed E-state index contributed by atoms with van der Waals surface area (Å²) in [6, 6.07) is 13.4. The van der Waals surface area contributed by atoms with Crippen LogP contribution in [0.3, 0.4) is 0 Å². The fourth-order valence-corrected chi connectivity index (χ4v) is 3.53. The second-order valence-corrected chi connectivity index (χ2v) is 7.31. The molecular weight excluding hydrogens is 350 g/mol. The molecule has 0 fully saturated rings. The van der Waals surface area contributed by atoms with Crippen molar-refractivity contribution in [3.05, 3.63) is 70.4 Å². The SMILES string of the molecule is Cc1cc(C)c(NC(=O)CN(C)C(=O)c2cc(C)nc3ccccc23)c(C)c1. The fourth-order valence-electron chi connectivity index (χ4n) is 3.53. The summed E-state index contributed by atoms with van der Waals surface area (Å²) in [4.78, 5) is 31.5. The van der Waals surface area contributed by atoms with Gasteiger partial charge in [0.05, 0.1) is 17.6 Å². The molecule has 5 nitrogen and oxygen atoms in total. The Labute approximate surface area is 165 Å². The number of likely N-dealkylation sites (N-methyl/N-ethyl adjacent to an activating group) is 1. The molecule has 1 N–H and O–H groups in total. The van der Waals surface area contributed by atoms with Gasteiger partial charge in [0, 0.05) is 23.8 Å². The maximum atomic E-state index is 13.0. The lowest BCUT2D eigenvalue weighted by atomic mass is 10.0. The minimum absolute atomic E-state index is 0.0265. The van der Waals surface area contributed by atoms with Crippen molar-refractivity contribution in [2.24, 2.45) is 0 Å².